The van der Waals surface area contributed by atoms with Crippen molar-refractivity contribution in [2.45, 2.75) is 50.9 Å². The minimum Gasteiger partial charge on any atom is -0.455 e. The van der Waals surface area contributed by atoms with Gasteiger partial charge < -0.3 is 10.1 Å². The molecule has 2 aromatic carbocycles. The average Bonchev–Trinajstić information content (AvgIpc) is 2.73. The van der Waals surface area contributed by atoms with Crippen LogP contribution < -0.4 is 5.32 Å². The number of ether oxygens (including phenoxy) is 1. The number of benzene rings is 2. The number of aryl methyl sites for hydroxylation is 1. The summed E-state index contributed by atoms with van der Waals surface area (Å²) in [4.78, 5) is 25.6. The van der Waals surface area contributed by atoms with Crippen molar-refractivity contribution in [3.8, 4) is 0 Å². The molecule has 0 radical (unpaired) electrons. The highest BCUT2D eigenvalue weighted by Gasteiger charge is 2.61. The van der Waals surface area contributed by atoms with Crippen molar-refractivity contribution in [1.29, 1.82) is 0 Å². The van der Waals surface area contributed by atoms with Crippen molar-refractivity contribution in [1.82, 2.24) is 0 Å². The van der Waals surface area contributed by atoms with Crippen LogP contribution in [0.4, 0.5) is 5.69 Å². The van der Waals surface area contributed by atoms with E-state index < -0.39 is 5.41 Å². The van der Waals surface area contributed by atoms with Crippen LogP contribution in [0.5, 0.6) is 0 Å². The largest absolute Gasteiger partial charge is 0.455 e. The highest BCUT2D eigenvalue weighted by Crippen LogP contribution is 2.66. The van der Waals surface area contributed by atoms with Gasteiger partial charge in [-0.25, -0.2) is 0 Å². The molecule has 1 N–H and O–H groups in total. The fraction of sp³-hybridized carbons (Fsp3) is 0.462. The number of carbonyl (C=O) groups excluding carboxylic acids is 2. The zero-order valence-electron chi connectivity index (χ0n) is 17.5. The fourth-order valence-electron chi connectivity index (χ4n) is 6.75. The van der Waals surface area contributed by atoms with E-state index in [1.54, 1.807) is 0 Å². The number of rotatable bonds is 5. The summed E-state index contributed by atoms with van der Waals surface area (Å²) in [5.74, 6) is 0.714. The van der Waals surface area contributed by atoms with Crippen LogP contribution in [0.3, 0.4) is 0 Å². The van der Waals surface area contributed by atoms with Gasteiger partial charge in [0.2, 0.25) is 0 Å². The second-order valence-electron chi connectivity index (χ2n) is 9.88. The van der Waals surface area contributed by atoms with Gasteiger partial charge in [-0.1, -0.05) is 48.0 Å². The number of anilines is 1. The first-order chi connectivity index (χ1) is 14.5. The Morgan fingerprint density at radius 1 is 0.967 bits per heavy atom. The molecule has 2 atom stereocenters. The summed E-state index contributed by atoms with van der Waals surface area (Å²) in [6.45, 7) is 1.78. The molecule has 4 aliphatic rings. The Bertz CT molecular complexity index is 936. The second-order valence-corrected chi connectivity index (χ2v) is 9.88. The lowest BCUT2D eigenvalue weighted by molar-refractivity contribution is -0.175. The maximum atomic E-state index is 13.3. The third-order valence-electron chi connectivity index (χ3n) is 7.55. The SMILES string of the molecule is Cc1ccc(NC(=O)COC(=O)C23C[C@@H]4C[C@@H](C2)CC(c2ccccc2)(C4)C3)cc1. The van der Waals surface area contributed by atoms with Gasteiger partial charge in [-0.05, 0) is 80.4 Å². The van der Waals surface area contributed by atoms with Crippen LogP contribution in [-0.4, -0.2) is 18.5 Å². The van der Waals surface area contributed by atoms with E-state index in [2.05, 4.69) is 35.6 Å². The van der Waals surface area contributed by atoms with Crippen molar-refractivity contribution in [2.75, 3.05) is 11.9 Å². The Balaban J connectivity index is 1.28. The van der Waals surface area contributed by atoms with Gasteiger partial charge in [0.25, 0.3) is 5.91 Å². The zero-order chi connectivity index (χ0) is 20.8. The smallest absolute Gasteiger partial charge is 0.312 e. The second kappa shape index (κ2) is 7.26. The Morgan fingerprint density at radius 2 is 1.63 bits per heavy atom. The van der Waals surface area contributed by atoms with E-state index in [-0.39, 0.29) is 23.9 Å². The Hall–Kier alpha value is -2.62. The van der Waals surface area contributed by atoms with Crippen molar-refractivity contribution in [3.63, 3.8) is 0 Å². The van der Waals surface area contributed by atoms with E-state index in [1.165, 1.54) is 24.8 Å². The molecule has 156 valence electrons. The van der Waals surface area contributed by atoms with Crippen LogP contribution in [0.2, 0.25) is 0 Å². The number of esters is 1. The zero-order valence-corrected chi connectivity index (χ0v) is 17.5. The summed E-state index contributed by atoms with van der Waals surface area (Å²) in [6, 6.07) is 18.3. The van der Waals surface area contributed by atoms with Crippen molar-refractivity contribution in [2.24, 2.45) is 17.3 Å². The molecule has 2 aromatic rings. The molecule has 6 rings (SSSR count). The van der Waals surface area contributed by atoms with Crippen LogP contribution >= 0.6 is 0 Å². The van der Waals surface area contributed by atoms with Gasteiger partial charge >= 0.3 is 5.97 Å². The molecule has 4 bridgehead atoms. The lowest BCUT2D eigenvalue weighted by Gasteiger charge is -2.61. The summed E-state index contributed by atoms with van der Waals surface area (Å²) in [5.41, 5.74) is 2.89. The molecule has 4 heteroatoms. The monoisotopic (exact) mass is 403 g/mol. The van der Waals surface area contributed by atoms with Gasteiger partial charge in [0.05, 0.1) is 5.41 Å². The molecule has 0 saturated heterocycles. The summed E-state index contributed by atoms with van der Waals surface area (Å²) in [7, 11) is 0. The van der Waals surface area contributed by atoms with Gasteiger partial charge in [0.15, 0.2) is 6.61 Å². The molecule has 4 saturated carbocycles. The van der Waals surface area contributed by atoms with Gasteiger partial charge in [-0.3, -0.25) is 9.59 Å². The third-order valence-corrected chi connectivity index (χ3v) is 7.55. The number of carbonyl (C=O) groups is 2. The molecule has 0 unspecified atom stereocenters. The van der Waals surface area contributed by atoms with Crippen molar-refractivity contribution >= 4 is 17.6 Å². The standard InChI is InChI=1S/C26H29NO3/c1-18-7-9-22(10-8-18)27-23(28)16-30-24(29)26-14-19-11-20(15-26)13-25(12-19,17-26)21-5-3-2-4-6-21/h2-10,19-20H,11-17H2,1H3,(H,27,28)/t19-,20-,25?,26?/m1/s1. The first-order valence-corrected chi connectivity index (χ1v) is 11.1. The lowest BCUT2D eigenvalue weighted by atomic mass is 9.43. The molecular formula is C26H29NO3. The highest BCUT2D eigenvalue weighted by molar-refractivity contribution is 5.93. The molecule has 0 aliphatic heterocycles. The van der Waals surface area contributed by atoms with Crippen LogP contribution in [-0.2, 0) is 19.7 Å². The van der Waals surface area contributed by atoms with Gasteiger partial charge in [0.1, 0.15) is 0 Å². The third kappa shape index (κ3) is 3.42. The van der Waals surface area contributed by atoms with E-state index in [0.717, 1.165) is 30.5 Å². The van der Waals surface area contributed by atoms with Gasteiger partial charge in [0, 0.05) is 5.69 Å². The maximum absolute atomic E-state index is 13.3. The molecule has 30 heavy (non-hydrogen) atoms. The quantitative estimate of drug-likeness (QED) is 0.714. The van der Waals surface area contributed by atoms with E-state index >= 15 is 0 Å². The van der Waals surface area contributed by atoms with Gasteiger partial charge in [-0.2, -0.15) is 0 Å². The molecular weight excluding hydrogens is 374 g/mol. The Labute approximate surface area is 178 Å². The Kier molecular flexibility index (Phi) is 4.68. The summed E-state index contributed by atoms with van der Waals surface area (Å²) in [5, 5.41) is 2.82. The number of hydrogen-bond donors (Lipinski definition) is 1. The van der Waals surface area contributed by atoms with Crippen LogP contribution in [0.1, 0.15) is 49.7 Å². The van der Waals surface area contributed by atoms with Crippen molar-refractivity contribution < 1.29 is 14.3 Å². The maximum Gasteiger partial charge on any atom is 0.312 e. The van der Waals surface area contributed by atoms with Crippen LogP contribution in [0.15, 0.2) is 54.6 Å². The fourth-order valence-corrected chi connectivity index (χ4v) is 6.75. The average molecular weight is 404 g/mol. The summed E-state index contributed by atoms with van der Waals surface area (Å²) >= 11 is 0. The number of amides is 1. The Morgan fingerprint density at radius 3 is 2.30 bits per heavy atom. The summed E-state index contributed by atoms with van der Waals surface area (Å²) in [6.07, 6.45) is 6.27. The molecule has 1 amide bonds. The molecule has 4 nitrogen and oxygen atoms in total. The molecule has 0 aromatic heterocycles. The van der Waals surface area contributed by atoms with Crippen LogP contribution in [0.25, 0.3) is 0 Å². The highest BCUT2D eigenvalue weighted by atomic mass is 16.5. The van der Waals surface area contributed by atoms with E-state index in [0.29, 0.717) is 11.8 Å². The van der Waals surface area contributed by atoms with Crippen molar-refractivity contribution in [3.05, 3.63) is 65.7 Å². The summed E-state index contributed by atoms with van der Waals surface area (Å²) < 4.78 is 5.61. The van der Waals surface area contributed by atoms with E-state index in [1.807, 2.05) is 31.2 Å². The predicted molar refractivity (Wildman–Crippen MR) is 116 cm³/mol. The molecule has 0 heterocycles. The van der Waals surface area contributed by atoms with E-state index in [9.17, 15) is 9.59 Å². The minimum atomic E-state index is -0.427. The first-order valence-electron chi connectivity index (χ1n) is 11.1. The lowest BCUT2D eigenvalue weighted by Crippen LogP contribution is -2.57. The van der Waals surface area contributed by atoms with Crippen LogP contribution in [0, 0.1) is 24.2 Å². The first kappa shape index (κ1) is 19.3. The van der Waals surface area contributed by atoms with E-state index in [4.69, 9.17) is 4.74 Å². The molecule has 4 fully saturated rings. The molecule has 4 aliphatic carbocycles. The normalized spacial score (nSPS) is 31.4. The molecule has 0 spiro atoms. The van der Waals surface area contributed by atoms with Gasteiger partial charge in [-0.15, -0.1) is 0 Å². The number of hydrogen-bond acceptors (Lipinski definition) is 3. The minimum absolute atomic E-state index is 0.0918. The number of nitrogens with one attached hydrogen (secondary N) is 1. The predicted octanol–water partition coefficient (Wildman–Crippen LogP) is 5.01. The topological polar surface area (TPSA) is 55.4 Å².